The number of piperidine rings is 1. The van der Waals surface area contributed by atoms with Gasteiger partial charge < -0.3 is 5.11 Å². The molecule has 2 atom stereocenters. The minimum Gasteiger partial charge on any atom is -0.481 e. The standard InChI is InChI=1S/C16H19NO2S/c1-11-13(16(18)19)6-4-8-17(11)9-12-10-20-15-7-3-2-5-14(12)15/h2-3,5,7,10-11,13H,4,6,8-9H2,1H3,(H,18,19)/t11-,13-/m1/s1. The zero-order valence-corrected chi connectivity index (χ0v) is 12.4. The van der Waals surface area contributed by atoms with Crippen molar-refractivity contribution in [2.45, 2.75) is 32.4 Å². The van der Waals surface area contributed by atoms with Gasteiger partial charge >= 0.3 is 5.97 Å². The van der Waals surface area contributed by atoms with Gasteiger partial charge in [0.25, 0.3) is 0 Å². The van der Waals surface area contributed by atoms with Crippen LogP contribution in [0.2, 0.25) is 0 Å². The third-order valence-electron chi connectivity index (χ3n) is 4.37. The highest BCUT2D eigenvalue weighted by molar-refractivity contribution is 7.17. The van der Waals surface area contributed by atoms with E-state index >= 15 is 0 Å². The van der Waals surface area contributed by atoms with Gasteiger partial charge in [-0.2, -0.15) is 0 Å². The molecule has 20 heavy (non-hydrogen) atoms. The Morgan fingerprint density at radius 1 is 1.45 bits per heavy atom. The van der Waals surface area contributed by atoms with Crippen molar-refractivity contribution in [2.75, 3.05) is 6.54 Å². The van der Waals surface area contributed by atoms with Gasteiger partial charge in [0.15, 0.2) is 0 Å². The summed E-state index contributed by atoms with van der Waals surface area (Å²) in [5.41, 5.74) is 1.32. The Morgan fingerprint density at radius 3 is 3.05 bits per heavy atom. The second-order valence-electron chi connectivity index (χ2n) is 5.56. The first-order valence-electron chi connectivity index (χ1n) is 7.09. The highest BCUT2D eigenvalue weighted by atomic mass is 32.1. The van der Waals surface area contributed by atoms with E-state index in [9.17, 15) is 9.90 Å². The molecule has 106 valence electrons. The number of rotatable bonds is 3. The van der Waals surface area contributed by atoms with Crippen molar-refractivity contribution in [3.05, 3.63) is 35.2 Å². The van der Waals surface area contributed by atoms with Crippen LogP contribution in [-0.4, -0.2) is 28.6 Å². The van der Waals surface area contributed by atoms with Gasteiger partial charge in [-0.1, -0.05) is 18.2 Å². The summed E-state index contributed by atoms with van der Waals surface area (Å²) < 4.78 is 1.31. The maximum absolute atomic E-state index is 11.3. The van der Waals surface area contributed by atoms with E-state index in [0.717, 1.165) is 25.9 Å². The molecule has 0 saturated carbocycles. The lowest BCUT2D eigenvalue weighted by Gasteiger charge is -2.37. The SMILES string of the molecule is C[C@@H]1[C@H](C(=O)O)CCCN1Cc1csc2ccccc12. The molecule has 1 aromatic heterocycles. The van der Waals surface area contributed by atoms with E-state index in [-0.39, 0.29) is 12.0 Å². The van der Waals surface area contributed by atoms with E-state index < -0.39 is 5.97 Å². The van der Waals surface area contributed by atoms with Gasteiger partial charge in [0, 0.05) is 17.3 Å². The maximum Gasteiger partial charge on any atom is 0.308 e. The van der Waals surface area contributed by atoms with E-state index in [2.05, 4.69) is 34.5 Å². The Kier molecular flexibility index (Phi) is 3.76. The molecule has 4 heteroatoms. The van der Waals surface area contributed by atoms with E-state index in [4.69, 9.17) is 0 Å². The second kappa shape index (κ2) is 5.54. The fourth-order valence-corrected chi connectivity index (χ4v) is 4.09. The number of benzene rings is 1. The molecular weight excluding hydrogens is 270 g/mol. The van der Waals surface area contributed by atoms with Crippen LogP contribution in [0.1, 0.15) is 25.3 Å². The predicted octanol–water partition coefficient (Wildman–Crippen LogP) is 3.59. The van der Waals surface area contributed by atoms with Crippen molar-refractivity contribution >= 4 is 27.4 Å². The van der Waals surface area contributed by atoms with Gasteiger partial charge in [0.05, 0.1) is 5.92 Å². The number of hydrogen-bond donors (Lipinski definition) is 1. The minimum atomic E-state index is -0.655. The number of aliphatic carboxylic acids is 1. The average molecular weight is 289 g/mol. The number of thiophene rings is 1. The molecule has 3 nitrogen and oxygen atoms in total. The number of nitrogens with zero attached hydrogens (tertiary/aromatic N) is 1. The van der Waals surface area contributed by atoms with Gasteiger partial charge in [-0.25, -0.2) is 0 Å². The summed E-state index contributed by atoms with van der Waals surface area (Å²) in [5.74, 6) is -0.883. The Bertz CT molecular complexity index is 622. The zero-order valence-electron chi connectivity index (χ0n) is 11.6. The molecule has 2 heterocycles. The van der Waals surface area contributed by atoms with Crippen LogP contribution in [0.15, 0.2) is 29.6 Å². The van der Waals surface area contributed by atoms with Crippen LogP contribution in [-0.2, 0) is 11.3 Å². The third kappa shape index (κ3) is 2.45. The monoisotopic (exact) mass is 289 g/mol. The summed E-state index contributed by atoms with van der Waals surface area (Å²) in [7, 11) is 0. The molecule has 1 N–H and O–H groups in total. The van der Waals surface area contributed by atoms with Gasteiger partial charge in [-0.15, -0.1) is 11.3 Å². The summed E-state index contributed by atoms with van der Waals surface area (Å²) in [6.45, 7) is 3.90. The lowest BCUT2D eigenvalue weighted by atomic mass is 9.90. The first-order valence-corrected chi connectivity index (χ1v) is 7.97. The molecule has 1 aromatic carbocycles. The van der Waals surface area contributed by atoms with Crippen LogP contribution in [0, 0.1) is 5.92 Å². The van der Waals surface area contributed by atoms with Crippen LogP contribution < -0.4 is 0 Å². The second-order valence-corrected chi connectivity index (χ2v) is 6.47. The molecule has 0 bridgehead atoms. The lowest BCUT2D eigenvalue weighted by molar-refractivity contribution is -0.145. The third-order valence-corrected chi connectivity index (χ3v) is 5.38. The number of likely N-dealkylation sites (tertiary alicyclic amines) is 1. The summed E-state index contributed by atoms with van der Waals surface area (Å²) in [4.78, 5) is 13.6. The molecule has 0 spiro atoms. The fourth-order valence-electron chi connectivity index (χ4n) is 3.14. The molecular formula is C16H19NO2S. The Morgan fingerprint density at radius 2 is 2.25 bits per heavy atom. The number of carboxylic acids is 1. The van der Waals surface area contributed by atoms with Crippen molar-refractivity contribution in [1.29, 1.82) is 0 Å². The van der Waals surface area contributed by atoms with Crippen molar-refractivity contribution < 1.29 is 9.90 Å². The normalized spacial score (nSPS) is 24.1. The maximum atomic E-state index is 11.3. The predicted molar refractivity (Wildman–Crippen MR) is 82.1 cm³/mol. The van der Waals surface area contributed by atoms with Gasteiger partial charge in [0.2, 0.25) is 0 Å². The molecule has 1 aliphatic rings. The summed E-state index contributed by atoms with van der Waals surface area (Å²) in [6.07, 6.45) is 1.78. The molecule has 1 fully saturated rings. The molecule has 0 unspecified atom stereocenters. The van der Waals surface area contributed by atoms with Crippen LogP contribution >= 0.6 is 11.3 Å². The fraction of sp³-hybridized carbons (Fsp3) is 0.438. The minimum absolute atomic E-state index is 0.111. The van der Waals surface area contributed by atoms with Gasteiger partial charge in [-0.05, 0) is 48.7 Å². The molecule has 3 rings (SSSR count). The molecule has 0 radical (unpaired) electrons. The van der Waals surface area contributed by atoms with Crippen LogP contribution in [0.5, 0.6) is 0 Å². The number of carboxylic acid groups (broad SMARTS) is 1. The summed E-state index contributed by atoms with van der Waals surface area (Å²) >= 11 is 1.77. The molecule has 0 amide bonds. The smallest absolute Gasteiger partial charge is 0.308 e. The van der Waals surface area contributed by atoms with E-state index in [1.54, 1.807) is 11.3 Å². The largest absolute Gasteiger partial charge is 0.481 e. The van der Waals surface area contributed by atoms with E-state index in [1.807, 2.05) is 6.92 Å². The number of hydrogen-bond acceptors (Lipinski definition) is 3. The van der Waals surface area contributed by atoms with Crippen molar-refractivity contribution in [3.8, 4) is 0 Å². The zero-order chi connectivity index (χ0) is 14.1. The first-order chi connectivity index (χ1) is 9.66. The van der Waals surface area contributed by atoms with Crippen LogP contribution in [0.4, 0.5) is 0 Å². The van der Waals surface area contributed by atoms with Crippen LogP contribution in [0.3, 0.4) is 0 Å². The number of carbonyl (C=O) groups is 1. The van der Waals surface area contributed by atoms with Crippen molar-refractivity contribution in [2.24, 2.45) is 5.92 Å². The summed E-state index contributed by atoms with van der Waals surface area (Å²) in [5, 5.41) is 12.8. The Hall–Kier alpha value is -1.39. The molecule has 1 aliphatic heterocycles. The first kappa shape index (κ1) is 13.6. The van der Waals surface area contributed by atoms with Gasteiger partial charge in [0.1, 0.15) is 0 Å². The van der Waals surface area contributed by atoms with Crippen LogP contribution in [0.25, 0.3) is 10.1 Å². The lowest BCUT2D eigenvalue weighted by Crippen LogP contribution is -2.45. The Balaban J connectivity index is 1.81. The Labute approximate surface area is 122 Å². The van der Waals surface area contributed by atoms with Crippen molar-refractivity contribution in [3.63, 3.8) is 0 Å². The molecule has 0 aliphatic carbocycles. The topological polar surface area (TPSA) is 40.5 Å². The van der Waals surface area contributed by atoms with E-state index in [1.165, 1.54) is 15.6 Å². The number of fused-ring (bicyclic) bond motifs is 1. The molecule has 1 saturated heterocycles. The highest BCUT2D eigenvalue weighted by Gasteiger charge is 2.32. The van der Waals surface area contributed by atoms with E-state index in [0.29, 0.717) is 0 Å². The van der Waals surface area contributed by atoms with Crippen molar-refractivity contribution in [1.82, 2.24) is 4.90 Å². The highest BCUT2D eigenvalue weighted by Crippen LogP contribution is 2.30. The average Bonchev–Trinajstić information content (AvgIpc) is 2.84. The summed E-state index contributed by atoms with van der Waals surface area (Å²) in [6, 6.07) is 8.54. The molecule has 2 aromatic rings. The quantitative estimate of drug-likeness (QED) is 0.938. The van der Waals surface area contributed by atoms with Gasteiger partial charge in [-0.3, -0.25) is 9.69 Å².